The van der Waals surface area contributed by atoms with E-state index in [-0.39, 0.29) is 11.3 Å². The van der Waals surface area contributed by atoms with E-state index in [9.17, 15) is 43.2 Å². The highest BCUT2D eigenvalue weighted by Gasteiger charge is 2.53. The van der Waals surface area contributed by atoms with Crippen molar-refractivity contribution in [1.82, 2.24) is 10.6 Å². The molecule has 0 spiro atoms. The highest BCUT2D eigenvalue weighted by atomic mass is 16.7. The fraction of sp³-hybridized carbons (Fsp3) is 0.571. The van der Waals surface area contributed by atoms with Crippen LogP contribution in [-0.4, -0.2) is 128 Å². The number of carbonyl (C=O) groups is 9. The summed E-state index contributed by atoms with van der Waals surface area (Å²) in [6, 6.07) is 2.47. The molecule has 21 nitrogen and oxygen atoms in total. The van der Waals surface area contributed by atoms with E-state index in [0.29, 0.717) is 0 Å². The maximum atomic E-state index is 13.7. The van der Waals surface area contributed by atoms with Gasteiger partial charge in [-0.2, -0.15) is 0 Å². The average Bonchev–Trinajstić information content (AvgIpc) is 3.07. The molecule has 2 amide bonds. The molecule has 56 heavy (non-hydrogen) atoms. The van der Waals surface area contributed by atoms with Gasteiger partial charge in [-0.25, -0.2) is 4.79 Å². The van der Waals surface area contributed by atoms with Crippen LogP contribution < -0.4 is 15.4 Å². The van der Waals surface area contributed by atoms with Crippen molar-refractivity contribution in [3.8, 4) is 5.75 Å². The van der Waals surface area contributed by atoms with Crippen molar-refractivity contribution in [2.75, 3.05) is 13.2 Å². The molecule has 1 aromatic rings. The Morgan fingerprint density at radius 3 is 1.36 bits per heavy atom. The van der Waals surface area contributed by atoms with Crippen molar-refractivity contribution in [3.63, 3.8) is 0 Å². The number of benzene rings is 1. The minimum atomic E-state index is -1.73. The lowest BCUT2D eigenvalue weighted by Crippen LogP contribution is -2.67. The molecule has 10 atom stereocenters. The zero-order chi connectivity index (χ0) is 41.9. The summed E-state index contributed by atoms with van der Waals surface area (Å²) in [7, 11) is 0. The van der Waals surface area contributed by atoms with E-state index in [1.54, 1.807) is 0 Å². The predicted molar refractivity (Wildman–Crippen MR) is 180 cm³/mol. The highest BCUT2D eigenvalue weighted by molar-refractivity contribution is 5.90. The molecule has 2 aliphatic rings. The SMILES string of the molecule is CC(=O)N[C@@H]1[C@H](OC(=O)c2cccc(O[C@@H]3O[C@H](COC(C)=O)[C@H](OC(C)=O)[C@H](OC(C)=O)[C@@H]3NC(C)=O)c2)O[C@H](COC(C)=O)[C@H](OC(C)=O)[C@@H]1OC(C)=O. The van der Waals surface area contributed by atoms with Crippen molar-refractivity contribution in [2.45, 2.75) is 117 Å². The van der Waals surface area contributed by atoms with Crippen molar-refractivity contribution >= 4 is 53.6 Å². The smallest absolute Gasteiger partial charge is 0.340 e. The molecular formula is C35H44N2O19. The summed E-state index contributed by atoms with van der Waals surface area (Å²) < 4.78 is 55.4. The van der Waals surface area contributed by atoms with Gasteiger partial charge in [-0.05, 0) is 18.2 Å². The van der Waals surface area contributed by atoms with Crippen LogP contribution >= 0.6 is 0 Å². The molecule has 2 N–H and O–H groups in total. The Morgan fingerprint density at radius 1 is 0.536 bits per heavy atom. The number of hydrogen-bond acceptors (Lipinski definition) is 19. The molecule has 2 heterocycles. The van der Waals surface area contributed by atoms with Crippen LogP contribution in [0, 0.1) is 0 Å². The molecule has 0 bridgehead atoms. The standard InChI is InChI=1S/C35H44N2O19/c1-15(38)36-27-31(51-21(7)44)29(49-19(5)42)25(13-47-17(3)40)54-34(27)53-24-11-9-10-23(12-24)33(46)56-35-28(37-16(2)39)32(52-22(8)45)30(50-20(6)43)26(55-35)14-48-18(4)41/h9-12,25-32,34-35H,13-14H2,1-8H3,(H,36,38)(H,37,39)/t25-,26-,27+,28+,29+,30+,31-,32-,34-,35+/m1/s1. The van der Waals surface area contributed by atoms with Gasteiger partial charge in [0.2, 0.25) is 24.4 Å². The van der Waals surface area contributed by atoms with Gasteiger partial charge in [0, 0.05) is 55.4 Å². The Bertz CT molecular complexity index is 1660. The summed E-state index contributed by atoms with van der Waals surface area (Å²) in [5.74, 6) is -7.26. The van der Waals surface area contributed by atoms with Crippen molar-refractivity contribution < 1.29 is 90.5 Å². The Balaban J connectivity index is 1.99. The molecule has 2 fully saturated rings. The Morgan fingerprint density at radius 2 is 0.946 bits per heavy atom. The lowest BCUT2D eigenvalue weighted by Gasteiger charge is -2.44. The molecule has 2 aliphatic heterocycles. The molecular weight excluding hydrogens is 752 g/mol. The predicted octanol–water partition coefficient (Wildman–Crippen LogP) is -0.466. The minimum absolute atomic E-state index is 0.0815. The molecule has 0 radical (unpaired) electrons. The van der Waals surface area contributed by atoms with Crippen LogP contribution in [-0.2, 0) is 81.0 Å². The van der Waals surface area contributed by atoms with E-state index < -0.39 is 128 Å². The number of hydrogen-bond donors (Lipinski definition) is 2. The van der Waals surface area contributed by atoms with Gasteiger partial charge in [-0.15, -0.1) is 0 Å². The van der Waals surface area contributed by atoms with Gasteiger partial charge in [-0.1, -0.05) is 6.07 Å². The topological polar surface area (TPSA) is 270 Å². The first-order valence-electron chi connectivity index (χ1n) is 17.0. The minimum Gasteiger partial charge on any atom is -0.463 e. The molecule has 0 aliphatic carbocycles. The van der Waals surface area contributed by atoms with E-state index >= 15 is 0 Å². The second-order valence-electron chi connectivity index (χ2n) is 12.5. The second-order valence-corrected chi connectivity index (χ2v) is 12.5. The quantitative estimate of drug-likeness (QED) is 0.178. The summed E-state index contributed by atoms with van der Waals surface area (Å²) in [5, 5.41) is 5.04. The first-order chi connectivity index (χ1) is 26.2. The van der Waals surface area contributed by atoms with Crippen molar-refractivity contribution in [1.29, 1.82) is 0 Å². The summed E-state index contributed by atoms with van der Waals surface area (Å²) in [6.07, 6.45) is -11.7. The molecule has 21 heteroatoms. The van der Waals surface area contributed by atoms with E-state index in [2.05, 4.69) is 10.6 Å². The van der Waals surface area contributed by atoms with Crippen LogP contribution in [0.2, 0.25) is 0 Å². The van der Waals surface area contributed by atoms with E-state index in [1.165, 1.54) is 24.3 Å². The van der Waals surface area contributed by atoms with Crippen LogP contribution in [0.3, 0.4) is 0 Å². The Hall–Kier alpha value is -5.83. The molecule has 2 saturated heterocycles. The normalized spacial score (nSPS) is 26.9. The van der Waals surface area contributed by atoms with Crippen LogP contribution in [0.1, 0.15) is 65.7 Å². The number of carbonyl (C=O) groups excluding carboxylic acids is 9. The third-order valence-electron chi connectivity index (χ3n) is 7.69. The Labute approximate surface area is 320 Å². The van der Waals surface area contributed by atoms with E-state index in [1.807, 2.05) is 0 Å². The van der Waals surface area contributed by atoms with Crippen LogP contribution in [0.5, 0.6) is 5.75 Å². The fourth-order valence-electron chi connectivity index (χ4n) is 5.79. The maximum absolute atomic E-state index is 13.7. The molecule has 0 unspecified atom stereocenters. The summed E-state index contributed by atoms with van der Waals surface area (Å²) in [6.45, 7) is 7.74. The Kier molecular flexibility index (Phi) is 16.1. The third-order valence-corrected chi connectivity index (χ3v) is 7.69. The monoisotopic (exact) mass is 796 g/mol. The largest absolute Gasteiger partial charge is 0.463 e. The molecule has 0 aromatic heterocycles. The van der Waals surface area contributed by atoms with Gasteiger partial charge < -0.3 is 58.0 Å². The lowest BCUT2D eigenvalue weighted by atomic mass is 9.96. The van der Waals surface area contributed by atoms with Gasteiger partial charge in [0.15, 0.2) is 24.4 Å². The van der Waals surface area contributed by atoms with Crippen molar-refractivity contribution in [2.24, 2.45) is 0 Å². The number of ether oxygens (including phenoxy) is 10. The molecule has 0 saturated carbocycles. The van der Waals surface area contributed by atoms with Crippen molar-refractivity contribution in [3.05, 3.63) is 29.8 Å². The van der Waals surface area contributed by atoms with Gasteiger partial charge in [-0.3, -0.25) is 38.4 Å². The zero-order valence-electron chi connectivity index (χ0n) is 31.8. The maximum Gasteiger partial charge on any atom is 0.340 e. The van der Waals surface area contributed by atoms with Crippen LogP contribution in [0.25, 0.3) is 0 Å². The third kappa shape index (κ3) is 13.2. The number of esters is 7. The zero-order valence-corrected chi connectivity index (χ0v) is 31.8. The summed E-state index contributed by atoms with van der Waals surface area (Å²) in [5.41, 5.74) is -0.187. The highest BCUT2D eigenvalue weighted by Crippen LogP contribution is 2.31. The van der Waals surface area contributed by atoms with E-state index in [0.717, 1.165) is 55.4 Å². The van der Waals surface area contributed by atoms with Gasteiger partial charge in [0.25, 0.3) is 0 Å². The second kappa shape index (κ2) is 20.2. The first-order valence-corrected chi connectivity index (χ1v) is 17.0. The number of amides is 2. The molecule has 3 rings (SSSR count). The average molecular weight is 797 g/mol. The fourth-order valence-corrected chi connectivity index (χ4v) is 5.79. The lowest BCUT2D eigenvalue weighted by molar-refractivity contribution is -0.263. The van der Waals surface area contributed by atoms with Crippen LogP contribution in [0.4, 0.5) is 0 Å². The van der Waals surface area contributed by atoms with Gasteiger partial charge >= 0.3 is 41.8 Å². The summed E-state index contributed by atoms with van der Waals surface area (Å²) in [4.78, 5) is 110. The van der Waals surface area contributed by atoms with Gasteiger partial charge in [0.05, 0.1) is 5.56 Å². The van der Waals surface area contributed by atoms with Gasteiger partial charge in [0.1, 0.15) is 43.3 Å². The summed E-state index contributed by atoms with van der Waals surface area (Å²) >= 11 is 0. The first kappa shape index (κ1) is 44.6. The van der Waals surface area contributed by atoms with E-state index in [4.69, 9.17) is 47.4 Å². The van der Waals surface area contributed by atoms with Crippen LogP contribution in [0.15, 0.2) is 24.3 Å². The number of nitrogens with one attached hydrogen (secondary N) is 2. The number of rotatable bonds is 14. The molecule has 308 valence electrons. The molecule has 1 aromatic carbocycles.